The number of nitrogens with two attached hydrogens (primary N) is 1. The lowest BCUT2D eigenvalue weighted by atomic mass is 10.2. The molecule has 0 saturated carbocycles. The molecule has 1 fully saturated rings. The predicted molar refractivity (Wildman–Crippen MR) is 79.4 cm³/mol. The van der Waals surface area contributed by atoms with E-state index in [1.54, 1.807) is 18.2 Å². The van der Waals surface area contributed by atoms with Gasteiger partial charge in [-0.05, 0) is 44.5 Å². The van der Waals surface area contributed by atoms with E-state index in [4.69, 9.17) is 17.3 Å². The second-order valence-corrected chi connectivity index (χ2v) is 5.47. The van der Waals surface area contributed by atoms with Crippen molar-refractivity contribution in [2.45, 2.75) is 32.2 Å². The van der Waals surface area contributed by atoms with Crippen LogP contribution in [-0.4, -0.2) is 29.9 Å². The van der Waals surface area contributed by atoms with Crippen LogP contribution in [0.3, 0.4) is 0 Å². The van der Waals surface area contributed by atoms with Crippen molar-refractivity contribution in [3.8, 4) is 0 Å². The third kappa shape index (κ3) is 3.85. The molecule has 3 N–H and O–H groups in total. The Bertz CT molecular complexity index is 464. The number of amides is 1. The molecule has 1 atom stereocenters. The van der Waals surface area contributed by atoms with E-state index in [1.165, 1.54) is 12.8 Å². The molecule has 19 heavy (non-hydrogen) atoms. The normalized spacial score (nSPS) is 19.6. The number of nitrogens with one attached hydrogen (secondary N) is 1. The smallest absolute Gasteiger partial charge is 0.225 e. The van der Waals surface area contributed by atoms with Crippen LogP contribution in [-0.2, 0) is 4.79 Å². The average Bonchev–Trinajstić information content (AvgIpc) is 2.76. The Labute approximate surface area is 118 Å². The number of carbonyl (C=O) groups is 1. The Kier molecular flexibility index (Phi) is 4.66. The minimum absolute atomic E-state index is 0.00854. The lowest BCUT2D eigenvalue weighted by Gasteiger charge is -2.20. The number of likely N-dealkylation sites (tertiary alicyclic amines) is 1. The second-order valence-electron chi connectivity index (χ2n) is 5.06. The van der Waals surface area contributed by atoms with Crippen LogP contribution in [0.5, 0.6) is 0 Å². The highest BCUT2D eigenvalue weighted by Gasteiger charge is 2.20. The highest BCUT2D eigenvalue weighted by Crippen LogP contribution is 2.24. The molecular weight excluding hydrogens is 262 g/mol. The maximum Gasteiger partial charge on any atom is 0.225 e. The maximum absolute atomic E-state index is 11.9. The largest absolute Gasteiger partial charge is 0.399 e. The summed E-state index contributed by atoms with van der Waals surface area (Å²) in [7, 11) is 0. The molecule has 1 aliphatic heterocycles. The van der Waals surface area contributed by atoms with Crippen LogP contribution >= 0.6 is 11.6 Å². The molecule has 0 spiro atoms. The number of carbonyl (C=O) groups excluding carboxylic acids is 1. The molecule has 1 heterocycles. The third-order valence-electron chi connectivity index (χ3n) is 3.58. The van der Waals surface area contributed by atoms with Crippen molar-refractivity contribution in [2.75, 3.05) is 24.1 Å². The fourth-order valence-corrected chi connectivity index (χ4v) is 2.65. The summed E-state index contributed by atoms with van der Waals surface area (Å²) in [4.78, 5) is 14.2. The maximum atomic E-state index is 11.9. The number of hydrogen-bond donors (Lipinski definition) is 2. The Morgan fingerprint density at radius 2 is 2.37 bits per heavy atom. The van der Waals surface area contributed by atoms with E-state index in [-0.39, 0.29) is 5.91 Å². The van der Waals surface area contributed by atoms with Gasteiger partial charge in [0.1, 0.15) is 0 Å². The average molecular weight is 282 g/mol. The first-order valence-corrected chi connectivity index (χ1v) is 7.03. The van der Waals surface area contributed by atoms with Gasteiger partial charge in [-0.2, -0.15) is 0 Å². The number of halogens is 1. The lowest BCUT2D eigenvalue weighted by molar-refractivity contribution is -0.116. The summed E-state index contributed by atoms with van der Waals surface area (Å²) >= 11 is 6.02. The third-order valence-corrected chi connectivity index (χ3v) is 3.90. The Morgan fingerprint density at radius 1 is 1.58 bits per heavy atom. The summed E-state index contributed by atoms with van der Waals surface area (Å²) in [5.74, 6) is -0.00854. The van der Waals surface area contributed by atoms with Crippen LogP contribution in [0, 0.1) is 0 Å². The van der Waals surface area contributed by atoms with Gasteiger partial charge in [0, 0.05) is 24.7 Å². The lowest BCUT2D eigenvalue weighted by Crippen LogP contribution is -2.30. The van der Waals surface area contributed by atoms with Gasteiger partial charge in [-0.15, -0.1) is 0 Å². The van der Waals surface area contributed by atoms with Crippen LogP contribution in [0.25, 0.3) is 0 Å². The van der Waals surface area contributed by atoms with Crippen molar-refractivity contribution in [1.29, 1.82) is 0 Å². The van der Waals surface area contributed by atoms with E-state index in [0.29, 0.717) is 28.9 Å². The van der Waals surface area contributed by atoms with Gasteiger partial charge in [0.2, 0.25) is 5.91 Å². The summed E-state index contributed by atoms with van der Waals surface area (Å²) < 4.78 is 0. The van der Waals surface area contributed by atoms with Gasteiger partial charge in [-0.25, -0.2) is 0 Å². The first-order chi connectivity index (χ1) is 9.06. The summed E-state index contributed by atoms with van der Waals surface area (Å²) in [6.07, 6.45) is 2.95. The number of nitrogen functional groups attached to an aromatic ring is 1. The van der Waals surface area contributed by atoms with E-state index in [1.807, 2.05) is 0 Å². The molecule has 1 aromatic carbocycles. The number of hydrogen-bond acceptors (Lipinski definition) is 3. The van der Waals surface area contributed by atoms with Gasteiger partial charge < -0.3 is 16.0 Å². The highest BCUT2D eigenvalue weighted by atomic mass is 35.5. The zero-order valence-electron chi connectivity index (χ0n) is 11.2. The minimum atomic E-state index is -0.00854. The molecular formula is C14H20ClN3O. The van der Waals surface area contributed by atoms with Crippen molar-refractivity contribution < 1.29 is 4.79 Å². The van der Waals surface area contributed by atoms with Gasteiger partial charge in [0.15, 0.2) is 0 Å². The molecule has 1 aromatic rings. The highest BCUT2D eigenvalue weighted by molar-refractivity contribution is 6.34. The van der Waals surface area contributed by atoms with Crippen molar-refractivity contribution in [2.24, 2.45) is 0 Å². The SMILES string of the molecule is CC1CCCN1CCC(=O)Nc1ccc(N)cc1Cl. The van der Waals surface area contributed by atoms with Gasteiger partial charge in [-0.3, -0.25) is 4.79 Å². The molecule has 0 bridgehead atoms. The standard InChI is InChI=1S/C14H20ClN3O/c1-10-3-2-7-18(10)8-6-14(19)17-13-5-4-11(16)9-12(13)15/h4-5,9-10H,2-3,6-8,16H2,1H3,(H,17,19). The first kappa shape index (κ1) is 14.2. The van der Waals surface area contributed by atoms with Crippen LogP contribution < -0.4 is 11.1 Å². The van der Waals surface area contributed by atoms with E-state index in [9.17, 15) is 4.79 Å². The van der Waals surface area contributed by atoms with Crippen LogP contribution in [0.1, 0.15) is 26.2 Å². The molecule has 5 heteroatoms. The molecule has 1 saturated heterocycles. The van der Waals surface area contributed by atoms with Gasteiger partial charge in [-0.1, -0.05) is 11.6 Å². The summed E-state index contributed by atoms with van der Waals surface area (Å²) in [5.41, 5.74) is 6.82. The number of nitrogens with zero attached hydrogens (tertiary/aromatic N) is 1. The monoisotopic (exact) mass is 281 g/mol. The van der Waals surface area contributed by atoms with Gasteiger partial charge in [0.05, 0.1) is 10.7 Å². The summed E-state index contributed by atoms with van der Waals surface area (Å²) in [5, 5.41) is 3.30. The van der Waals surface area contributed by atoms with Crippen molar-refractivity contribution in [1.82, 2.24) is 4.90 Å². The number of rotatable bonds is 4. The van der Waals surface area contributed by atoms with E-state index in [2.05, 4.69) is 17.1 Å². The van der Waals surface area contributed by atoms with E-state index < -0.39 is 0 Å². The fraction of sp³-hybridized carbons (Fsp3) is 0.500. The van der Waals surface area contributed by atoms with E-state index >= 15 is 0 Å². The molecule has 2 rings (SSSR count). The van der Waals surface area contributed by atoms with Gasteiger partial charge in [0.25, 0.3) is 0 Å². The molecule has 0 aliphatic carbocycles. The fourth-order valence-electron chi connectivity index (χ4n) is 2.42. The zero-order chi connectivity index (χ0) is 13.8. The molecule has 0 aromatic heterocycles. The van der Waals surface area contributed by atoms with Crippen molar-refractivity contribution >= 4 is 28.9 Å². The Morgan fingerprint density at radius 3 is 3.00 bits per heavy atom. The van der Waals surface area contributed by atoms with Crippen LogP contribution in [0.15, 0.2) is 18.2 Å². The van der Waals surface area contributed by atoms with Crippen LogP contribution in [0.2, 0.25) is 5.02 Å². The Hall–Kier alpha value is -1.26. The van der Waals surface area contributed by atoms with Crippen molar-refractivity contribution in [3.05, 3.63) is 23.2 Å². The minimum Gasteiger partial charge on any atom is -0.399 e. The molecule has 4 nitrogen and oxygen atoms in total. The van der Waals surface area contributed by atoms with E-state index in [0.717, 1.165) is 13.1 Å². The molecule has 1 unspecified atom stereocenters. The Balaban J connectivity index is 1.84. The predicted octanol–water partition coefficient (Wildman–Crippen LogP) is 2.74. The quantitative estimate of drug-likeness (QED) is 0.835. The first-order valence-electron chi connectivity index (χ1n) is 6.65. The number of benzene rings is 1. The topological polar surface area (TPSA) is 58.4 Å². The van der Waals surface area contributed by atoms with Crippen LogP contribution in [0.4, 0.5) is 11.4 Å². The molecule has 0 radical (unpaired) electrons. The number of anilines is 2. The second kappa shape index (κ2) is 6.26. The molecule has 1 aliphatic rings. The molecule has 104 valence electrons. The summed E-state index contributed by atoms with van der Waals surface area (Å²) in [6.45, 7) is 4.11. The van der Waals surface area contributed by atoms with Gasteiger partial charge >= 0.3 is 0 Å². The van der Waals surface area contributed by atoms with Crippen molar-refractivity contribution in [3.63, 3.8) is 0 Å². The zero-order valence-corrected chi connectivity index (χ0v) is 11.9. The summed E-state index contributed by atoms with van der Waals surface area (Å²) in [6, 6.07) is 5.69. The molecule has 1 amide bonds.